The van der Waals surface area contributed by atoms with Gasteiger partial charge in [-0.2, -0.15) is 0 Å². The molecule has 0 fully saturated rings. The van der Waals surface area contributed by atoms with E-state index in [1.54, 1.807) is 0 Å². The van der Waals surface area contributed by atoms with Crippen molar-refractivity contribution >= 4 is 88.0 Å². The molecule has 36 heavy (non-hydrogen) atoms. The van der Waals surface area contributed by atoms with Gasteiger partial charge in [-0.3, -0.25) is 0 Å². The van der Waals surface area contributed by atoms with Crippen LogP contribution in [0.4, 0.5) is 0 Å². The van der Waals surface area contributed by atoms with E-state index >= 15 is 0 Å². The standard InChI is InChI=1S/C30H18N4O2/c1-3-7-19-15(5-1)17-9-23-27(11-21(17)31-19)35-29-14-26-30(13-25(29)33-23)36-28-12-22-18(10-24(28)34-26)16-6-2-4-8-20(16)32-22/h1-14,31-34H. The van der Waals surface area contributed by atoms with Gasteiger partial charge in [-0.05, 0) is 24.3 Å². The third-order valence-corrected chi connectivity index (χ3v) is 7.27. The number of benzene rings is 5. The van der Waals surface area contributed by atoms with Crippen molar-refractivity contribution in [1.82, 2.24) is 19.9 Å². The Balaban J connectivity index is 1.32. The van der Waals surface area contributed by atoms with Gasteiger partial charge in [0, 0.05) is 56.8 Å². The van der Waals surface area contributed by atoms with E-state index < -0.39 is 0 Å². The van der Waals surface area contributed by atoms with E-state index in [0.717, 1.165) is 77.2 Å². The molecule has 4 N–H and O–H groups in total. The summed E-state index contributed by atoms with van der Waals surface area (Å²) in [5.41, 5.74) is 11.0. The molecule has 9 rings (SSSR count). The van der Waals surface area contributed by atoms with Crippen LogP contribution in [-0.2, 0) is 0 Å². The van der Waals surface area contributed by atoms with Crippen molar-refractivity contribution in [3.8, 4) is 0 Å². The minimum Gasteiger partial charge on any atom is -0.453 e. The highest BCUT2D eigenvalue weighted by Gasteiger charge is 2.12. The fourth-order valence-corrected chi connectivity index (χ4v) is 5.57. The molecule has 0 amide bonds. The molecule has 0 radical (unpaired) electrons. The number of H-pyrrole nitrogens is 4. The lowest BCUT2D eigenvalue weighted by Crippen LogP contribution is -1.87. The van der Waals surface area contributed by atoms with Gasteiger partial charge < -0.3 is 28.8 Å². The summed E-state index contributed by atoms with van der Waals surface area (Å²) >= 11 is 0. The average molecular weight is 467 g/mol. The normalized spacial score (nSPS) is 12.4. The predicted octanol–water partition coefficient (Wildman–Crippen LogP) is 8.53. The molecule has 4 heterocycles. The van der Waals surface area contributed by atoms with Crippen LogP contribution in [-0.4, -0.2) is 19.9 Å². The summed E-state index contributed by atoms with van der Waals surface area (Å²) in [5, 5.41) is 4.72. The first-order chi connectivity index (χ1) is 17.8. The van der Waals surface area contributed by atoms with Crippen molar-refractivity contribution in [1.29, 1.82) is 0 Å². The molecule has 6 heteroatoms. The van der Waals surface area contributed by atoms with Gasteiger partial charge in [0.15, 0.2) is 22.3 Å². The summed E-state index contributed by atoms with van der Waals surface area (Å²) < 4.78 is 12.7. The van der Waals surface area contributed by atoms with Crippen LogP contribution < -0.4 is 0 Å². The molecule has 6 nitrogen and oxygen atoms in total. The Morgan fingerprint density at radius 3 is 1.17 bits per heavy atom. The summed E-state index contributed by atoms with van der Waals surface area (Å²) in [6, 6.07) is 29.1. The van der Waals surface area contributed by atoms with Gasteiger partial charge in [-0.25, -0.2) is 0 Å². The van der Waals surface area contributed by atoms with E-state index in [0.29, 0.717) is 0 Å². The molecule has 4 aromatic heterocycles. The van der Waals surface area contributed by atoms with E-state index in [2.05, 4.69) is 80.6 Å². The summed E-state index contributed by atoms with van der Waals surface area (Å²) in [6.07, 6.45) is 0. The first kappa shape index (κ1) is 18.3. The second-order valence-electron chi connectivity index (χ2n) is 9.43. The van der Waals surface area contributed by atoms with Crippen LogP contribution in [0.3, 0.4) is 0 Å². The lowest BCUT2D eigenvalue weighted by molar-refractivity contribution is 0.649. The topological polar surface area (TPSA) is 89.4 Å². The Bertz CT molecular complexity index is 2210. The zero-order valence-electron chi connectivity index (χ0n) is 18.9. The second kappa shape index (κ2) is 6.31. The fourth-order valence-electron chi connectivity index (χ4n) is 5.57. The summed E-state index contributed by atoms with van der Waals surface area (Å²) in [6.45, 7) is 0. The highest BCUT2D eigenvalue weighted by atomic mass is 16.3. The van der Waals surface area contributed by atoms with E-state index in [1.165, 1.54) is 10.8 Å². The van der Waals surface area contributed by atoms with Gasteiger partial charge in [-0.15, -0.1) is 0 Å². The van der Waals surface area contributed by atoms with Crippen molar-refractivity contribution in [3.05, 3.63) is 84.9 Å². The Morgan fingerprint density at radius 2 is 0.694 bits per heavy atom. The van der Waals surface area contributed by atoms with Gasteiger partial charge in [0.2, 0.25) is 0 Å². The number of rotatable bonds is 0. The first-order valence-corrected chi connectivity index (χ1v) is 11.9. The maximum atomic E-state index is 6.37. The maximum absolute atomic E-state index is 6.37. The van der Waals surface area contributed by atoms with Gasteiger partial charge in [0.1, 0.15) is 0 Å². The van der Waals surface area contributed by atoms with Crippen LogP contribution in [0.25, 0.3) is 88.0 Å². The summed E-state index contributed by atoms with van der Waals surface area (Å²) in [7, 11) is 0. The van der Waals surface area contributed by atoms with Crippen molar-refractivity contribution in [2.24, 2.45) is 0 Å². The van der Waals surface area contributed by atoms with Crippen LogP contribution in [0.2, 0.25) is 0 Å². The molecule has 5 aromatic carbocycles. The van der Waals surface area contributed by atoms with Crippen LogP contribution in [0.15, 0.2) is 93.8 Å². The van der Waals surface area contributed by atoms with Crippen molar-refractivity contribution in [2.75, 3.05) is 0 Å². The number of fused-ring (bicyclic) bond motifs is 10. The first-order valence-electron chi connectivity index (χ1n) is 11.9. The van der Waals surface area contributed by atoms with E-state index in [4.69, 9.17) is 8.83 Å². The van der Waals surface area contributed by atoms with Gasteiger partial charge in [-0.1, -0.05) is 36.4 Å². The van der Waals surface area contributed by atoms with Gasteiger partial charge in [0.25, 0.3) is 0 Å². The largest absolute Gasteiger partial charge is 0.453 e. The third-order valence-electron chi connectivity index (χ3n) is 7.27. The van der Waals surface area contributed by atoms with Crippen LogP contribution in [0.5, 0.6) is 0 Å². The van der Waals surface area contributed by atoms with Crippen LogP contribution >= 0.6 is 0 Å². The molecule has 0 atom stereocenters. The van der Waals surface area contributed by atoms with E-state index in [9.17, 15) is 0 Å². The zero-order chi connectivity index (χ0) is 23.4. The number of aromatic amines is 4. The van der Waals surface area contributed by atoms with E-state index in [-0.39, 0.29) is 0 Å². The number of hydrogen-bond acceptors (Lipinski definition) is 2. The summed E-state index contributed by atoms with van der Waals surface area (Å²) in [5.74, 6) is 0. The molecule has 0 aliphatic heterocycles. The molecular formula is C30H18N4O2. The Labute approximate surface area is 201 Å². The molecule has 0 saturated carbocycles. The second-order valence-corrected chi connectivity index (χ2v) is 9.43. The van der Waals surface area contributed by atoms with Crippen molar-refractivity contribution < 1.29 is 8.83 Å². The van der Waals surface area contributed by atoms with Gasteiger partial charge in [0.05, 0.1) is 33.1 Å². The minimum absolute atomic E-state index is 0.754. The van der Waals surface area contributed by atoms with Crippen LogP contribution in [0.1, 0.15) is 0 Å². The molecule has 0 aliphatic rings. The number of hydrogen-bond donors (Lipinski definition) is 4. The molecule has 0 bridgehead atoms. The Hall–Kier alpha value is -5.10. The third kappa shape index (κ3) is 2.40. The molecule has 0 saturated heterocycles. The lowest BCUT2D eigenvalue weighted by atomic mass is 10.1. The summed E-state index contributed by atoms with van der Waals surface area (Å²) in [4.78, 5) is 14.1. The maximum Gasteiger partial charge on any atom is 0.153 e. The fraction of sp³-hybridized carbons (Fsp3) is 0. The lowest BCUT2D eigenvalue weighted by Gasteiger charge is -2.07. The number of nitrogens with one attached hydrogen (secondary N) is 4. The SMILES string of the molecule is c1ccc2c(c1)[nH]c1cc3oc4cc5[nH]c6cc7c(cc6oc5cc4[nH]c3cc12)[nH]c1ccccc17. The predicted molar refractivity (Wildman–Crippen MR) is 146 cm³/mol. The Kier molecular flexibility index (Phi) is 3.20. The molecule has 0 unspecified atom stereocenters. The zero-order valence-corrected chi connectivity index (χ0v) is 18.9. The highest BCUT2D eigenvalue weighted by molar-refractivity contribution is 6.12. The minimum atomic E-state index is 0.754. The average Bonchev–Trinajstić information content (AvgIpc) is 3.44. The number of para-hydroxylation sites is 2. The molecule has 0 spiro atoms. The van der Waals surface area contributed by atoms with Crippen LogP contribution in [0, 0.1) is 0 Å². The number of aromatic nitrogens is 4. The van der Waals surface area contributed by atoms with Crippen molar-refractivity contribution in [3.63, 3.8) is 0 Å². The monoisotopic (exact) mass is 466 g/mol. The van der Waals surface area contributed by atoms with Crippen molar-refractivity contribution in [2.45, 2.75) is 0 Å². The van der Waals surface area contributed by atoms with Gasteiger partial charge >= 0.3 is 0 Å². The molecule has 170 valence electrons. The Morgan fingerprint density at radius 1 is 0.333 bits per heavy atom. The smallest absolute Gasteiger partial charge is 0.153 e. The molecule has 9 aromatic rings. The quantitative estimate of drug-likeness (QED) is 0.169. The highest BCUT2D eigenvalue weighted by Crippen LogP contribution is 2.33. The van der Waals surface area contributed by atoms with E-state index in [1.807, 2.05) is 24.3 Å². The molecule has 0 aliphatic carbocycles. The molecular weight excluding hydrogens is 448 g/mol.